The molecule has 82 valence electrons. The van der Waals surface area contributed by atoms with Crippen LogP contribution in [-0.2, 0) is 4.74 Å². The third kappa shape index (κ3) is 2.87. The van der Waals surface area contributed by atoms with E-state index in [-0.39, 0.29) is 5.75 Å². The molecule has 0 unspecified atom stereocenters. The zero-order valence-corrected chi connectivity index (χ0v) is 8.82. The van der Waals surface area contributed by atoms with Gasteiger partial charge in [0.2, 0.25) is 0 Å². The number of benzene rings is 1. The van der Waals surface area contributed by atoms with Crippen molar-refractivity contribution in [1.82, 2.24) is 0 Å². The lowest BCUT2D eigenvalue weighted by atomic mass is 10.2. The number of hydrogen-bond acceptors (Lipinski definition) is 4. The molecule has 0 spiro atoms. The minimum absolute atomic E-state index is 0.0637. The molecular weight excluding hydrogens is 196 g/mol. The standard InChI is InChI=1S/C11H14O4/c1-3-6-15-10-7-8(12)4-5-9(10)11(13)14-2/h4-5,7,12H,3,6H2,1-2H3. The average Bonchev–Trinajstić information content (AvgIpc) is 2.25. The number of esters is 1. The van der Waals surface area contributed by atoms with Crippen LogP contribution in [0, 0.1) is 0 Å². The van der Waals surface area contributed by atoms with Crippen LogP contribution in [0.4, 0.5) is 0 Å². The van der Waals surface area contributed by atoms with Gasteiger partial charge in [-0.25, -0.2) is 4.79 Å². The average molecular weight is 210 g/mol. The van der Waals surface area contributed by atoms with Gasteiger partial charge in [0.15, 0.2) is 0 Å². The molecule has 0 aliphatic heterocycles. The van der Waals surface area contributed by atoms with Gasteiger partial charge in [0.25, 0.3) is 0 Å². The Morgan fingerprint density at radius 2 is 2.20 bits per heavy atom. The molecule has 0 aromatic heterocycles. The Hall–Kier alpha value is -1.71. The smallest absolute Gasteiger partial charge is 0.341 e. The van der Waals surface area contributed by atoms with Gasteiger partial charge in [-0.3, -0.25) is 0 Å². The van der Waals surface area contributed by atoms with Crippen molar-refractivity contribution in [3.63, 3.8) is 0 Å². The molecule has 0 heterocycles. The second-order valence-corrected chi connectivity index (χ2v) is 3.02. The molecule has 0 saturated heterocycles. The number of carbonyl (C=O) groups excluding carboxylic acids is 1. The van der Waals surface area contributed by atoms with Crippen molar-refractivity contribution in [1.29, 1.82) is 0 Å². The maximum absolute atomic E-state index is 11.3. The topological polar surface area (TPSA) is 55.8 Å². The van der Waals surface area contributed by atoms with Crippen LogP contribution in [0.5, 0.6) is 11.5 Å². The molecule has 0 saturated carbocycles. The molecule has 0 aliphatic rings. The van der Waals surface area contributed by atoms with Gasteiger partial charge in [0.1, 0.15) is 17.1 Å². The van der Waals surface area contributed by atoms with Crippen molar-refractivity contribution < 1.29 is 19.4 Å². The number of carbonyl (C=O) groups is 1. The van der Waals surface area contributed by atoms with Gasteiger partial charge in [-0.15, -0.1) is 0 Å². The van der Waals surface area contributed by atoms with Crippen LogP contribution >= 0.6 is 0 Å². The summed E-state index contributed by atoms with van der Waals surface area (Å²) in [5, 5.41) is 9.26. The van der Waals surface area contributed by atoms with Crippen molar-refractivity contribution in [2.24, 2.45) is 0 Å². The first-order valence-electron chi connectivity index (χ1n) is 4.73. The highest BCUT2D eigenvalue weighted by molar-refractivity contribution is 5.92. The molecule has 0 amide bonds. The van der Waals surface area contributed by atoms with Crippen LogP contribution in [0.25, 0.3) is 0 Å². The fourth-order valence-electron chi connectivity index (χ4n) is 1.12. The lowest BCUT2D eigenvalue weighted by Crippen LogP contribution is -2.06. The second kappa shape index (κ2) is 5.24. The predicted molar refractivity (Wildman–Crippen MR) is 55.2 cm³/mol. The number of methoxy groups -OCH3 is 1. The summed E-state index contributed by atoms with van der Waals surface area (Å²) in [6.07, 6.45) is 0.830. The van der Waals surface area contributed by atoms with E-state index in [1.807, 2.05) is 6.92 Å². The molecule has 0 bridgehead atoms. The monoisotopic (exact) mass is 210 g/mol. The first kappa shape index (κ1) is 11.4. The van der Waals surface area contributed by atoms with E-state index in [2.05, 4.69) is 4.74 Å². The molecule has 1 aromatic carbocycles. The van der Waals surface area contributed by atoms with E-state index in [1.54, 1.807) is 0 Å². The minimum Gasteiger partial charge on any atom is -0.508 e. The summed E-state index contributed by atoms with van der Waals surface area (Å²) >= 11 is 0. The van der Waals surface area contributed by atoms with Crippen molar-refractivity contribution in [2.45, 2.75) is 13.3 Å². The normalized spacial score (nSPS) is 9.73. The molecule has 4 nitrogen and oxygen atoms in total. The van der Waals surface area contributed by atoms with Crippen LogP contribution in [0.2, 0.25) is 0 Å². The molecule has 15 heavy (non-hydrogen) atoms. The summed E-state index contributed by atoms with van der Waals surface area (Å²) < 4.78 is 9.93. The summed E-state index contributed by atoms with van der Waals surface area (Å²) in [7, 11) is 1.30. The highest BCUT2D eigenvalue weighted by Gasteiger charge is 2.13. The van der Waals surface area contributed by atoms with E-state index in [0.717, 1.165) is 6.42 Å². The summed E-state index contributed by atoms with van der Waals surface area (Å²) in [5.74, 6) is -0.0569. The van der Waals surface area contributed by atoms with Gasteiger partial charge in [0, 0.05) is 6.07 Å². The van der Waals surface area contributed by atoms with E-state index in [0.29, 0.717) is 17.9 Å². The number of phenols is 1. The van der Waals surface area contributed by atoms with Gasteiger partial charge in [0.05, 0.1) is 13.7 Å². The molecule has 1 N–H and O–H groups in total. The highest BCUT2D eigenvalue weighted by Crippen LogP contribution is 2.24. The molecule has 1 aromatic rings. The van der Waals surface area contributed by atoms with E-state index >= 15 is 0 Å². The largest absolute Gasteiger partial charge is 0.508 e. The Morgan fingerprint density at radius 3 is 2.80 bits per heavy atom. The van der Waals surface area contributed by atoms with E-state index in [9.17, 15) is 9.90 Å². The van der Waals surface area contributed by atoms with Crippen LogP contribution in [0.3, 0.4) is 0 Å². The summed E-state index contributed by atoms with van der Waals surface area (Å²) in [4.78, 5) is 11.3. The fraction of sp³-hybridized carbons (Fsp3) is 0.364. The Balaban J connectivity index is 2.97. The van der Waals surface area contributed by atoms with Crippen molar-refractivity contribution >= 4 is 5.97 Å². The summed E-state index contributed by atoms with van der Waals surface area (Å²) in [5.41, 5.74) is 0.323. The molecule has 4 heteroatoms. The predicted octanol–water partition coefficient (Wildman–Crippen LogP) is 1.97. The Kier molecular flexibility index (Phi) is 3.97. The van der Waals surface area contributed by atoms with Crippen LogP contribution in [-0.4, -0.2) is 24.8 Å². The molecule has 0 fully saturated rings. The quantitative estimate of drug-likeness (QED) is 0.772. The van der Waals surface area contributed by atoms with Crippen molar-refractivity contribution in [2.75, 3.05) is 13.7 Å². The zero-order chi connectivity index (χ0) is 11.3. The lowest BCUT2D eigenvalue weighted by Gasteiger charge is -2.09. The third-order valence-electron chi connectivity index (χ3n) is 1.83. The number of aromatic hydroxyl groups is 1. The molecule has 1 rings (SSSR count). The number of hydrogen-bond donors (Lipinski definition) is 1. The number of rotatable bonds is 4. The number of phenolic OH excluding ortho intramolecular Hbond substituents is 1. The van der Waals surface area contributed by atoms with Crippen LogP contribution in [0.15, 0.2) is 18.2 Å². The molecule has 0 radical (unpaired) electrons. The summed E-state index contributed by atoms with van der Waals surface area (Å²) in [6, 6.07) is 4.30. The molecule has 0 aliphatic carbocycles. The van der Waals surface area contributed by atoms with Gasteiger partial charge in [-0.05, 0) is 18.6 Å². The zero-order valence-electron chi connectivity index (χ0n) is 8.82. The minimum atomic E-state index is -0.471. The Labute approximate surface area is 88.4 Å². The van der Waals surface area contributed by atoms with Gasteiger partial charge < -0.3 is 14.6 Å². The van der Waals surface area contributed by atoms with Crippen LogP contribution in [0.1, 0.15) is 23.7 Å². The molecule has 0 atom stereocenters. The Morgan fingerprint density at radius 1 is 1.47 bits per heavy atom. The van der Waals surface area contributed by atoms with Gasteiger partial charge >= 0.3 is 5.97 Å². The van der Waals surface area contributed by atoms with Crippen molar-refractivity contribution in [3.8, 4) is 11.5 Å². The number of ether oxygens (including phenoxy) is 2. The lowest BCUT2D eigenvalue weighted by molar-refractivity contribution is 0.0596. The first-order valence-corrected chi connectivity index (χ1v) is 4.73. The van der Waals surface area contributed by atoms with Gasteiger partial charge in [-0.1, -0.05) is 6.92 Å². The summed E-state index contributed by atoms with van der Waals surface area (Å²) in [6.45, 7) is 2.45. The van der Waals surface area contributed by atoms with Crippen molar-refractivity contribution in [3.05, 3.63) is 23.8 Å². The van der Waals surface area contributed by atoms with Crippen LogP contribution < -0.4 is 4.74 Å². The maximum Gasteiger partial charge on any atom is 0.341 e. The molecular formula is C11H14O4. The van der Waals surface area contributed by atoms with E-state index in [4.69, 9.17) is 4.74 Å². The van der Waals surface area contributed by atoms with E-state index in [1.165, 1.54) is 25.3 Å². The first-order chi connectivity index (χ1) is 7.19. The Bertz CT molecular complexity index is 346. The maximum atomic E-state index is 11.3. The fourth-order valence-corrected chi connectivity index (χ4v) is 1.12. The SMILES string of the molecule is CCCOc1cc(O)ccc1C(=O)OC. The highest BCUT2D eigenvalue weighted by atomic mass is 16.5. The van der Waals surface area contributed by atoms with E-state index < -0.39 is 5.97 Å². The third-order valence-corrected chi connectivity index (χ3v) is 1.83. The second-order valence-electron chi connectivity index (χ2n) is 3.02. The van der Waals surface area contributed by atoms with Gasteiger partial charge in [-0.2, -0.15) is 0 Å².